The van der Waals surface area contributed by atoms with Crippen LogP contribution < -0.4 is 0 Å². The molecule has 0 saturated carbocycles. The standard InChI is InChI=1S/C9H13F3O3/c10-9(11,12)6(5-8(13)14)7-3-1-2-4-15-7/h6-7H,1-5H2,(H,13,14). The van der Waals surface area contributed by atoms with Gasteiger partial charge in [0.25, 0.3) is 0 Å². The highest BCUT2D eigenvalue weighted by molar-refractivity contribution is 5.67. The van der Waals surface area contributed by atoms with Gasteiger partial charge in [-0.3, -0.25) is 4.79 Å². The summed E-state index contributed by atoms with van der Waals surface area (Å²) in [7, 11) is 0. The molecular formula is C9H13F3O3. The molecule has 1 aliphatic rings. The van der Waals surface area contributed by atoms with Crippen LogP contribution in [0.4, 0.5) is 13.2 Å². The summed E-state index contributed by atoms with van der Waals surface area (Å²) in [5, 5.41) is 8.42. The highest BCUT2D eigenvalue weighted by Gasteiger charge is 2.46. The Morgan fingerprint density at radius 3 is 2.53 bits per heavy atom. The Morgan fingerprint density at radius 2 is 2.13 bits per heavy atom. The van der Waals surface area contributed by atoms with Gasteiger partial charge in [0.15, 0.2) is 0 Å². The van der Waals surface area contributed by atoms with E-state index in [1.807, 2.05) is 0 Å². The van der Waals surface area contributed by atoms with Crippen molar-refractivity contribution in [2.24, 2.45) is 5.92 Å². The van der Waals surface area contributed by atoms with E-state index in [4.69, 9.17) is 9.84 Å². The Balaban J connectivity index is 2.66. The molecule has 2 unspecified atom stereocenters. The molecule has 0 aromatic carbocycles. The third-order valence-corrected chi connectivity index (χ3v) is 2.48. The lowest BCUT2D eigenvalue weighted by Crippen LogP contribution is -2.39. The number of aliphatic carboxylic acids is 1. The van der Waals surface area contributed by atoms with E-state index in [1.54, 1.807) is 0 Å². The summed E-state index contributed by atoms with van der Waals surface area (Å²) in [6.07, 6.45) is -4.70. The summed E-state index contributed by atoms with van der Waals surface area (Å²) in [6, 6.07) is 0. The maximum Gasteiger partial charge on any atom is 0.394 e. The Hall–Kier alpha value is -0.780. The summed E-state index contributed by atoms with van der Waals surface area (Å²) in [6.45, 7) is 0.289. The SMILES string of the molecule is O=C(O)CC(C1CCCCO1)C(F)(F)F. The average molecular weight is 226 g/mol. The Kier molecular flexibility index (Phi) is 3.96. The Bertz CT molecular complexity index is 221. The van der Waals surface area contributed by atoms with Crippen LogP contribution in [0.15, 0.2) is 0 Å². The molecule has 1 heterocycles. The van der Waals surface area contributed by atoms with Crippen LogP contribution in [0.3, 0.4) is 0 Å². The monoisotopic (exact) mass is 226 g/mol. The summed E-state index contributed by atoms with van der Waals surface area (Å²) in [5.74, 6) is -3.32. The minimum Gasteiger partial charge on any atom is -0.481 e. The number of carbonyl (C=O) groups is 1. The van der Waals surface area contributed by atoms with Crippen molar-refractivity contribution in [3.8, 4) is 0 Å². The van der Waals surface area contributed by atoms with Crippen molar-refractivity contribution in [1.82, 2.24) is 0 Å². The fraction of sp³-hybridized carbons (Fsp3) is 0.889. The first-order chi connectivity index (χ1) is 6.91. The molecule has 1 aliphatic heterocycles. The molecule has 0 bridgehead atoms. The van der Waals surface area contributed by atoms with Crippen LogP contribution in [0.1, 0.15) is 25.7 Å². The van der Waals surface area contributed by atoms with E-state index in [-0.39, 0.29) is 13.0 Å². The molecule has 1 saturated heterocycles. The Morgan fingerprint density at radius 1 is 1.47 bits per heavy atom. The molecule has 0 amide bonds. The van der Waals surface area contributed by atoms with Gasteiger partial charge in [0.05, 0.1) is 18.4 Å². The van der Waals surface area contributed by atoms with E-state index < -0.39 is 30.6 Å². The number of hydrogen-bond acceptors (Lipinski definition) is 2. The maximum absolute atomic E-state index is 12.5. The molecule has 1 rings (SSSR count). The molecule has 1 N–H and O–H groups in total. The zero-order valence-corrected chi connectivity index (χ0v) is 8.09. The number of carboxylic acids is 1. The lowest BCUT2D eigenvalue weighted by molar-refractivity contribution is -0.216. The van der Waals surface area contributed by atoms with Gasteiger partial charge in [-0.1, -0.05) is 0 Å². The normalized spacial score (nSPS) is 24.9. The van der Waals surface area contributed by atoms with Gasteiger partial charge in [-0.15, -0.1) is 0 Å². The summed E-state index contributed by atoms with van der Waals surface area (Å²) < 4.78 is 42.5. The van der Waals surface area contributed by atoms with Gasteiger partial charge in [-0.25, -0.2) is 0 Å². The van der Waals surface area contributed by atoms with E-state index in [0.29, 0.717) is 6.42 Å². The molecular weight excluding hydrogens is 213 g/mol. The quantitative estimate of drug-likeness (QED) is 0.802. The van der Waals surface area contributed by atoms with Crippen molar-refractivity contribution >= 4 is 5.97 Å². The summed E-state index contributed by atoms with van der Waals surface area (Å²) >= 11 is 0. The molecule has 0 spiro atoms. The van der Waals surface area contributed by atoms with Crippen LogP contribution in [-0.2, 0) is 9.53 Å². The van der Waals surface area contributed by atoms with Crippen LogP contribution in [0.2, 0.25) is 0 Å². The minimum atomic E-state index is -4.50. The van der Waals surface area contributed by atoms with Crippen LogP contribution in [0, 0.1) is 5.92 Å². The van der Waals surface area contributed by atoms with Gasteiger partial charge in [0, 0.05) is 6.61 Å². The number of rotatable bonds is 3. The van der Waals surface area contributed by atoms with Crippen molar-refractivity contribution < 1.29 is 27.8 Å². The third-order valence-electron chi connectivity index (χ3n) is 2.48. The molecule has 0 aromatic heterocycles. The van der Waals surface area contributed by atoms with Crippen LogP contribution in [0.5, 0.6) is 0 Å². The van der Waals surface area contributed by atoms with Crippen LogP contribution in [-0.4, -0.2) is 30.0 Å². The number of alkyl halides is 3. The second-order valence-corrected chi connectivity index (χ2v) is 3.65. The van der Waals surface area contributed by atoms with Gasteiger partial charge in [0.2, 0.25) is 0 Å². The maximum atomic E-state index is 12.5. The van der Waals surface area contributed by atoms with Gasteiger partial charge < -0.3 is 9.84 Å². The molecule has 0 radical (unpaired) electrons. The minimum absolute atomic E-state index is 0.289. The van der Waals surface area contributed by atoms with E-state index in [0.717, 1.165) is 6.42 Å². The smallest absolute Gasteiger partial charge is 0.394 e. The van der Waals surface area contributed by atoms with Gasteiger partial charge in [-0.2, -0.15) is 13.2 Å². The number of carboxylic acid groups (broad SMARTS) is 1. The van der Waals surface area contributed by atoms with Gasteiger partial charge >= 0.3 is 12.1 Å². The fourth-order valence-electron chi connectivity index (χ4n) is 1.73. The number of halogens is 3. The zero-order valence-electron chi connectivity index (χ0n) is 8.09. The molecule has 88 valence electrons. The third kappa shape index (κ3) is 3.70. The highest BCUT2D eigenvalue weighted by atomic mass is 19.4. The number of hydrogen-bond donors (Lipinski definition) is 1. The van der Waals surface area contributed by atoms with Crippen molar-refractivity contribution in [2.75, 3.05) is 6.61 Å². The lowest BCUT2D eigenvalue weighted by atomic mass is 9.92. The molecule has 6 heteroatoms. The molecule has 0 aromatic rings. The first-order valence-electron chi connectivity index (χ1n) is 4.81. The average Bonchev–Trinajstić information content (AvgIpc) is 2.14. The van der Waals surface area contributed by atoms with Crippen molar-refractivity contribution in [3.63, 3.8) is 0 Å². The fourth-order valence-corrected chi connectivity index (χ4v) is 1.73. The van der Waals surface area contributed by atoms with Gasteiger partial charge in [0.1, 0.15) is 0 Å². The van der Waals surface area contributed by atoms with E-state index >= 15 is 0 Å². The lowest BCUT2D eigenvalue weighted by Gasteiger charge is -2.30. The highest BCUT2D eigenvalue weighted by Crippen LogP contribution is 2.36. The molecule has 1 fully saturated rings. The van der Waals surface area contributed by atoms with Crippen molar-refractivity contribution in [1.29, 1.82) is 0 Å². The summed E-state index contributed by atoms with van der Waals surface area (Å²) in [4.78, 5) is 10.3. The number of ether oxygens (including phenoxy) is 1. The van der Waals surface area contributed by atoms with E-state index in [1.165, 1.54) is 0 Å². The van der Waals surface area contributed by atoms with Crippen LogP contribution >= 0.6 is 0 Å². The van der Waals surface area contributed by atoms with E-state index in [9.17, 15) is 18.0 Å². The van der Waals surface area contributed by atoms with Crippen molar-refractivity contribution in [2.45, 2.75) is 38.0 Å². The molecule has 0 aliphatic carbocycles. The van der Waals surface area contributed by atoms with Crippen molar-refractivity contribution in [3.05, 3.63) is 0 Å². The second-order valence-electron chi connectivity index (χ2n) is 3.65. The summed E-state index contributed by atoms with van der Waals surface area (Å²) in [5.41, 5.74) is 0. The largest absolute Gasteiger partial charge is 0.481 e. The van der Waals surface area contributed by atoms with Crippen LogP contribution in [0.25, 0.3) is 0 Å². The van der Waals surface area contributed by atoms with Gasteiger partial charge in [-0.05, 0) is 19.3 Å². The topological polar surface area (TPSA) is 46.5 Å². The van der Waals surface area contributed by atoms with E-state index in [2.05, 4.69) is 0 Å². The molecule has 2 atom stereocenters. The first-order valence-corrected chi connectivity index (χ1v) is 4.81. The predicted octanol–water partition coefficient (Wildman–Crippen LogP) is 2.21. The first kappa shape index (κ1) is 12.3. The Labute approximate surface area is 85.2 Å². The zero-order chi connectivity index (χ0) is 11.5. The molecule has 15 heavy (non-hydrogen) atoms. The second kappa shape index (κ2) is 4.83. The predicted molar refractivity (Wildman–Crippen MR) is 45.4 cm³/mol. The molecule has 3 nitrogen and oxygen atoms in total.